The first kappa shape index (κ1) is 19.9. The summed E-state index contributed by atoms with van der Waals surface area (Å²) in [5.74, 6) is 0.110. The maximum Gasteiger partial charge on any atom is 0.257 e. The molecule has 1 aliphatic rings. The second-order valence-electron chi connectivity index (χ2n) is 6.49. The smallest absolute Gasteiger partial charge is 0.257 e. The lowest BCUT2D eigenvalue weighted by Crippen LogP contribution is -2.47. The van der Waals surface area contributed by atoms with Gasteiger partial charge in [0.2, 0.25) is 5.91 Å². The van der Waals surface area contributed by atoms with Crippen molar-refractivity contribution in [3.8, 4) is 0 Å². The van der Waals surface area contributed by atoms with Crippen LogP contribution in [0.1, 0.15) is 26.2 Å². The predicted octanol–water partition coefficient (Wildman–Crippen LogP) is 4.37. The van der Waals surface area contributed by atoms with E-state index in [1.807, 2.05) is 29.6 Å². The Morgan fingerprint density at radius 2 is 2.03 bits per heavy atom. The Morgan fingerprint density at radius 1 is 1.17 bits per heavy atom. The van der Waals surface area contributed by atoms with Crippen molar-refractivity contribution in [3.05, 3.63) is 87.3 Å². The summed E-state index contributed by atoms with van der Waals surface area (Å²) in [6.45, 7) is 0.367. The number of thiophene rings is 1. The number of benzene rings is 1. The largest absolute Gasteiger partial charge is 0.350 e. The molecule has 148 valence electrons. The molecule has 3 heterocycles. The number of hydrogen-bond donors (Lipinski definition) is 1. The SMILES string of the molecule is O=C(NCc1cccnc1)C1CSC(c2cccs2)N1C(=O)c1ccccc1Cl. The maximum atomic E-state index is 13.4. The number of hydrogen-bond acceptors (Lipinski definition) is 5. The minimum absolute atomic E-state index is 0.180. The van der Waals surface area contributed by atoms with Crippen LogP contribution in [0, 0.1) is 0 Å². The molecule has 0 spiro atoms. The van der Waals surface area contributed by atoms with Crippen LogP contribution in [0.3, 0.4) is 0 Å². The van der Waals surface area contributed by atoms with E-state index in [0.717, 1.165) is 10.4 Å². The van der Waals surface area contributed by atoms with Crippen molar-refractivity contribution in [2.45, 2.75) is 18.0 Å². The lowest BCUT2D eigenvalue weighted by atomic mass is 10.1. The fourth-order valence-corrected chi connectivity index (χ4v) is 5.80. The zero-order valence-electron chi connectivity index (χ0n) is 15.3. The Morgan fingerprint density at radius 3 is 2.76 bits per heavy atom. The van der Waals surface area contributed by atoms with Crippen LogP contribution in [-0.4, -0.2) is 33.5 Å². The van der Waals surface area contributed by atoms with Gasteiger partial charge in [-0.15, -0.1) is 23.1 Å². The fourth-order valence-electron chi connectivity index (χ4n) is 3.19. The van der Waals surface area contributed by atoms with E-state index in [9.17, 15) is 9.59 Å². The summed E-state index contributed by atoms with van der Waals surface area (Å²) in [5.41, 5.74) is 1.31. The van der Waals surface area contributed by atoms with Crippen molar-refractivity contribution in [2.75, 3.05) is 5.75 Å². The zero-order valence-corrected chi connectivity index (χ0v) is 17.7. The van der Waals surface area contributed by atoms with E-state index in [1.165, 1.54) is 0 Å². The molecule has 1 fully saturated rings. The monoisotopic (exact) mass is 443 g/mol. The van der Waals surface area contributed by atoms with Gasteiger partial charge in [-0.05, 0) is 35.2 Å². The molecule has 0 bridgehead atoms. The van der Waals surface area contributed by atoms with Crippen molar-refractivity contribution >= 4 is 46.5 Å². The maximum absolute atomic E-state index is 13.4. The number of halogens is 1. The molecule has 1 N–H and O–H groups in total. The predicted molar refractivity (Wildman–Crippen MR) is 117 cm³/mol. The summed E-state index contributed by atoms with van der Waals surface area (Å²) in [6.07, 6.45) is 3.40. The molecule has 2 unspecified atom stereocenters. The molecule has 8 heteroatoms. The third-order valence-corrected chi connectivity index (χ3v) is 7.33. The molecule has 4 rings (SSSR count). The summed E-state index contributed by atoms with van der Waals surface area (Å²) in [7, 11) is 0. The number of carbonyl (C=O) groups is 2. The second kappa shape index (κ2) is 8.98. The van der Waals surface area contributed by atoms with Gasteiger partial charge in [0, 0.05) is 29.6 Å². The molecule has 0 saturated carbocycles. The first-order valence-electron chi connectivity index (χ1n) is 9.04. The van der Waals surface area contributed by atoms with Crippen LogP contribution in [0.4, 0.5) is 0 Å². The van der Waals surface area contributed by atoms with Crippen molar-refractivity contribution in [1.82, 2.24) is 15.2 Å². The molecule has 5 nitrogen and oxygen atoms in total. The van der Waals surface area contributed by atoms with E-state index in [-0.39, 0.29) is 17.2 Å². The van der Waals surface area contributed by atoms with Crippen LogP contribution in [0.15, 0.2) is 66.3 Å². The molecule has 1 aliphatic heterocycles. The van der Waals surface area contributed by atoms with E-state index in [4.69, 9.17) is 11.6 Å². The van der Waals surface area contributed by atoms with Gasteiger partial charge < -0.3 is 10.2 Å². The third-order valence-electron chi connectivity index (χ3n) is 4.62. The molecule has 0 radical (unpaired) electrons. The van der Waals surface area contributed by atoms with Crippen LogP contribution >= 0.6 is 34.7 Å². The van der Waals surface area contributed by atoms with Gasteiger partial charge in [0.15, 0.2) is 0 Å². The minimum Gasteiger partial charge on any atom is -0.350 e. The van der Waals surface area contributed by atoms with E-state index in [0.29, 0.717) is 22.9 Å². The lowest BCUT2D eigenvalue weighted by molar-refractivity contribution is -0.125. The van der Waals surface area contributed by atoms with Gasteiger partial charge in [-0.25, -0.2) is 0 Å². The van der Waals surface area contributed by atoms with Crippen LogP contribution in [0.5, 0.6) is 0 Å². The van der Waals surface area contributed by atoms with Gasteiger partial charge >= 0.3 is 0 Å². The van der Waals surface area contributed by atoms with Crippen molar-refractivity contribution in [2.24, 2.45) is 0 Å². The first-order chi connectivity index (χ1) is 14.1. The zero-order chi connectivity index (χ0) is 20.2. The van der Waals surface area contributed by atoms with E-state index < -0.39 is 6.04 Å². The van der Waals surface area contributed by atoms with E-state index in [1.54, 1.807) is 64.7 Å². The number of amides is 2. The van der Waals surface area contributed by atoms with Crippen molar-refractivity contribution < 1.29 is 9.59 Å². The Labute approximate surface area is 182 Å². The molecule has 29 heavy (non-hydrogen) atoms. The number of aromatic nitrogens is 1. The topological polar surface area (TPSA) is 62.3 Å². The number of carbonyl (C=O) groups excluding carboxylic acids is 2. The van der Waals surface area contributed by atoms with Crippen LogP contribution in [-0.2, 0) is 11.3 Å². The molecule has 2 atom stereocenters. The highest BCUT2D eigenvalue weighted by Crippen LogP contribution is 2.44. The molecule has 2 amide bonds. The van der Waals surface area contributed by atoms with Gasteiger partial charge in [-0.3, -0.25) is 14.6 Å². The highest BCUT2D eigenvalue weighted by atomic mass is 35.5. The Hall–Kier alpha value is -2.35. The Kier molecular flexibility index (Phi) is 6.18. The number of thioether (sulfide) groups is 1. The van der Waals surface area contributed by atoms with Gasteiger partial charge in [-0.1, -0.05) is 35.9 Å². The lowest BCUT2D eigenvalue weighted by Gasteiger charge is -2.28. The van der Waals surface area contributed by atoms with Crippen molar-refractivity contribution in [1.29, 1.82) is 0 Å². The highest BCUT2D eigenvalue weighted by Gasteiger charge is 2.43. The molecular weight excluding hydrogens is 426 g/mol. The number of nitrogens with zero attached hydrogens (tertiary/aromatic N) is 2. The summed E-state index contributed by atoms with van der Waals surface area (Å²) < 4.78 is 0. The third kappa shape index (κ3) is 4.32. The highest BCUT2D eigenvalue weighted by molar-refractivity contribution is 7.99. The molecule has 2 aromatic heterocycles. The Balaban J connectivity index is 1.59. The molecule has 1 saturated heterocycles. The number of rotatable bonds is 5. The van der Waals surface area contributed by atoms with Crippen molar-refractivity contribution in [3.63, 3.8) is 0 Å². The average Bonchev–Trinajstić information content (AvgIpc) is 3.42. The van der Waals surface area contributed by atoms with Gasteiger partial charge in [-0.2, -0.15) is 0 Å². The Bertz CT molecular complexity index is 998. The summed E-state index contributed by atoms with van der Waals surface area (Å²) in [4.78, 5) is 33.2. The van der Waals surface area contributed by atoms with E-state index >= 15 is 0 Å². The molecular formula is C21H18ClN3O2S2. The minimum atomic E-state index is -0.576. The number of nitrogens with one attached hydrogen (secondary N) is 1. The molecule has 1 aromatic carbocycles. The quantitative estimate of drug-likeness (QED) is 0.636. The normalized spacial score (nSPS) is 18.6. The van der Waals surface area contributed by atoms with Gasteiger partial charge in [0.05, 0.1) is 10.6 Å². The van der Waals surface area contributed by atoms with Crippen LogP contribution in [0.2, 0.25) is 5.02 Å². The summed E-state index contributed by atoms with van der Waals surface area (Å²) in [6, 6.07) is 14.0. The fraction of sp³-hybridized carbons (Fsp3) is 0.190. The first-order valence-corrected chi connectivity index (χ1v) is 11.3. The number of pyridine rings is 1. The standard InChI is InChI=1S/C21H18ClN3O2S2/c22-16-7-2-1-6-15(16)20(27)25-17(13-29-21(25)18-8-4-10-28-18)19(26)24-12-14-5-3-9-23-11-14/h1-11,17,21H,12-13H2,(H,24,26). The molecule has 0 aliphatic carbocycles. The van der Waals surface area contributed by atoms with E-state index in [2.05, 4.69) is 10.3 Å². The second-order valence-corrected chi connectivity index (χ2v) is 8.99. The van der Waals surface area contributed by atoms with Crippen LogP contribution < -0.4 is 5.32 Å². The van der Waals surface area contributed by atoms with Gasteiger partial charge in [0.25, 0.3) is 5.91 Å². The molecule has 3 aromatic rings. The van der Waals surface area contributed by atoms with Gasteiger partial charge in [0.1, 0.15) is 11.4 Å². The summed E-state index contributed by atoms with van der Waals surface area (Å²) in [5, 5.41) is 5.09. The van der Waals surface area contributed by atoms with Crippen LogP contribution in [0.25, 0.3) is 0 Å². The average molecular weight is 444 g/mol. The summed E-state index contributed by atoms with van der Waals surface area (Å²) >= 11 is 9.45.